The lowest BCUT2D eigenvalue weighted by atomic mass is 9.95. The fourth-order valence-corrected chi connectivity index (χ4v) is 3.41. The number of carbonyl (C=O) groups excluding carboxylic acids is 1. The van der Waals surface area contributed by atoms with Crippen LogP contribution in [0.15, 0.2) is 52.9 Å². The normalized spacial score (nSPS) is 11.8. The monoisotopic (exact) mass is 411 g/mol. The van der Waals surface area contributed by atoms with Crippen molar-refractivity contribution >= 4 is 45.6 Å². The number of benzene rings is 2. The molecule has 7 nitrogen and oxygen atoms in total. The average molecular weight is 411 g/mol. The SMILES string of the molecule is CCCC(C)c1ccccc1NC(=S)NC(=O)c1cc2cc([N+](=O)[O-])ccc2o1. The number of carbonyl (C=O) groups is 1. The van der Waals surface area contributed by atoms with Crippen LogP contribution in [-0.4, -0.2) is 15.9 Å². The standard InChI is InChI=1S/C21H21N3O4S/c1-3-6-13(2)16-7-4-5-8-17(16)22-21(29)23-20(25)19-12-14-11-15(24(26)27)9-10-18(14)28-19/h4-5,7-13H,3,6H2,1-2H3,(H2,22,23,25,29). The number of thiocarbonyl (C=S) groups is 1. The van der Waals surface area contributed by atoms with Crippen molar-refractivity contribution in [2.24, 2.45) is 0 Å². The molecule has 2 aromatic carbocycles. The van der Waals surface area contributed by atoms with Crippen LogP contribution in [0.5, 0.6) is 0 Å². The summed E-state index contributed by atoms with van der Waals surface area (Å²) in [4.78, 5) is 22.9. The molecule has 1 aromatic heterocycles. The van der Waals surface area contributed by atoms with E-state index in [1.165, 1.54) is 24.3 Å². The molecule has 1 atom stereocenters. The van der Waals surface area contributed by atoms with Crippen LogP contribution < -0.4 is 10.6 Å². The molecule has 0 radical (unpaired) electrons. The smallest absolute Gasteiger partial charge is 0.293 e. The van der Waals surface area contributed by atoms with Gasteiger partial charge in [0.25, 0.3) is 11.6 Å². The van der Waals surface area contributed by atoms with Gasteiger partial charge in [0.2, 0.25) is 0 Å². The van der Waals surface area contributed by atoms with Gasteiger partial charge in [-0.25, -0.2) is 0 Å². The summed E-state index contributed by atoms with van der Waals surface area (Å²) < 4.78 is 5.49. The molecular formula is C21H21N3O4S. The second-order valence-corrected chi connectivity index (χ2v) is 7.18. The maximum Gasteiger partial charge on any atom is 0.293 e. The first-order valence-corrected chi connectivity index (χ1v) is 9.69. The van der Waals surface area contributed by atoms with Gasteiger partial charge in [0.15, 0.2) is 10.9 Å². The highest BCUT2D eigenvalue weighted by Gasteiger charge is 2.17. The summed E-state index contributed by atoms with van der Waals surface area (Å²) in [6.07, 6.45) is 2.11. The lowest BCUT2D eigenvalue weighted by Crippen LogP contribution is -2.34. The molecule has 3 aromatic rings. The minimum absolute atomic E-state index is 0.0253. The van der Waals surface area contributed by atoms with Crippen molar-refractivity contribution in [1.29, 1.82) is 0 Å². The number of furan rings is 1. The van der Waals surface area contributed by atoms with E-state index in [1.807, 2.05) is 24.3 Å². The number of rotatable bonds is 6. The first kappa shape index (κ1) is 20.5. The van der Waals surface area contributed by atoms with Gasteiger partial charge in [-0.2, -0.15) is 0 Å². The van der Waals surface area contributed by atoms with Crippen molar-refractivity contribution in [3.05, 3.63) is 70.0 Å². The Morgan fingerprint density at radius 1 is 1.24 bits per heavy atom. The number of nitrogens with zero attached hydrogens (tertiary/aromatic N) is 1. The summed E-state index contributed by atoms with van der Waals surface area (Å²) in [5.41, 5.74) is 2.29. The predicted octanol–water partition coefficient (Wildman–Crippen LogP) is 5.37. The van der Waals surface area contributed by atoms with Crippen LogP contribution in [0.1, 0.15) is 48.7 Å². The van der Waals surface area contributed by atoms with Gasteiger partial charge in [-0.05, 0) is 48.3 Å². The van der Waals surface area contributed by atoms with Gasteiger partial charge in [-0.15, -0.1) is 0 Å². The Balaban J connectivity index is 1.72. The third-order valence-corrected chi connectivity index (χ3v) is 4.83. The molecule has 0 saturated heterocycles. The third kappa shape index (κ3) is 4.78. The molecule has 150 valence electrons. The van der Waals surface area contributed by atoms with Gasteiger partial charge in [0, 0.05) is 23.2 Å². The molecule has 0 aliphatic carbocycles. The van der Waals surface area contributed by atoms with E-state index in [9.17, 15) is 14.9 Å². The number of nitro benzene ring substituents is 1. The van der Waals surface area contributed by atoms with Crippen molar-refractivity contribution in [2.75, 3.05) is 5.32 Å². The van der Waals surface area contributed by atoms with E-state index in [0.717, 1.165) is 24.1 Å². The Bertz CT molecular complexity index is 1080. The summed E-state index contributed by atoms with van der Waals surface area (Å²) in [6.45, 7) is 4.29. The van der Waals surface area contributed by atoms with Gasteiger partial charge in [0.1, 0.15) is 5.58 Å². The number of fused-ring (bicyclic) bond motifs is 1. The predicted molar refractivity (Wildman–Crippen MR) is 116 cm³/mol. The van der Waals surface area contributed by atoms with E-state index >= 15 is 0 Å². The van der Waals surface area contributed by atoms with Gasteiger partial charge in [-0.1, -0.05) is 38.5 Å². The number of nitrogens with one attached hydrogen (secondary N) is 2. The van der Waals surface area contributed by atoms with Crippen molar-refractivity contribution in [2.45, 2.75) is 32.6 Å². The van der Waals surface area contributed by atoms with Gasteiger partial charge in [0.05, 0.1) is 4.92 Å². The zero-order valence-corrected chi connectivity index (χ0v) is 16.9. The molecule has 1 heterocycles. The number of anilines is 1. The summed E-state index contributed by atoms with van der Waals surface area (Å²) in [5, 5.41) is 17.2. The molecule has 1 unspecified atom stereocenters. The average Bonchev–Trinajstić information content (AvgIpc) is 3.12. The Labute approximate surface area is 173 Å². The Hall–Kier alpha value is -3.26. The minimum Gasteiger partial charge on any atom is -0.451 e. The number of nitro groups is 1. The molecule has 8 heteroatoms. The largest absolute Gasteiger partial charge is 0.451 e. The van der Waals surface area contributed by atoms with Crippen LogP contribution in [0.25, 0.3) is 11.0 Å². The molecule has 0 saturated carbocycles. The maximum atomic E-state index is 12.5. The molecular weight excluding hydrogens is 390 g/mol. The Morgan fingerprint density at radius 2 is 2.00 bits per heavy atom. The van der Waals surface area contributed by atoms with Crippen molar-refractivity contribution < 1.29 is 14.1 Å². The molecule has 0 spiro atoms. The molecule has 2 N–H and O–H groups in total. The molecule has 1 amide bonds. The van der Waals surface area contributed by atoms with Gasteiger partial charge in [-0.3, -0.25) is 20.2 Å². The van der Waals surface area contributed by atoms with E-state index in [-0.39, 0.29) is 16.6 Å². The molecule has 0 aliphatic heterocycles. The molecule has 0 aliphatic rings. The minimum atomic E-state index is -0.527. The van der Waals surface area contributed by atoms with Crippen LogP contribution in [-0.2, 0) is 0 Å². The summed E-state index contributed by atoms with van der Waals surface area (Å²) in [5.74, 6) is -0.147. The van der Waals surface area contributed by atoms with Crippen LogP contribution >= 0.6 is 12.2 Å². The first-order chi connectivity index (χ1) is 13.9. The fourth-order valence-electron chi connectivity index (χ4n) is 3.20. The highest BCUT2D eigenvalue weighted by Crippen LogP contribution is 2.28. The Morgan fingerprint density at radius 3 is 2.72 bits per heavy atom. The molecule has 0 bridgehead atoms. The van der Waals surface area contributed by atoms with E-state index in [2.05, 4.69) is 24.5 Å². The Kier molecular flexibility index (Phi) is 6.23. The topological polar surface area (TPSA) is 97.4 Å². The zero-order chi connectivity index (χ0) is 21.0. The van der Waals surface area contributed by atoms with Crippen LogP contribution in [0, 0.1) is 10.1 Å². The lowest BCUT2D eigenvalue weighted by Gasteiger charge is -2.17. The zero-order valence-electron chi connectivity index (χ0n) is 16.1. The summed E-state index contributed by atoms with van der Waals surface area (Å²) >= 11 is 5.28. The van der Waals surface area contributed by atoms with Crippen molar-refractivity contribution in [1.82, 2.24) is 5.32 Å². The van der Waals surface area contributed by atoms with Gasteiger partial charge >= 0.3 is 0 Å². The molecule has 3 rings (SSSR count). The number of amides is 1. The summed E-state index contributed by atoms with van der Waals surface area (Å²) in [6, 6.07) is 13.4. The van der Waals surface area contributed by atoms with Gasteiger partial charge < -0.3 is 9.73 Å². The van der Waals surface area contributed by atoms with Crippen LogP contribution in [0.4, 0.5) is 11.4 Å². The van der Waals surface area contributed by atoms with E-state index in [4.69, 9.17) is 16.6 Å². The first-order valence-electron chi connectivity index (χ1n) is 9.28. The molecule has 0 fully saturated rings. The van der Waals surface area contributed by atoms with Crippen LogP contribution in [0.3, 0.4) is 0 Å². The second kappa shape index (κ2) is 8.83. The number of hydrogen-bond donors (Lipinski definition) is 2. The van der Waals surface area contributed by atoms with Crippen molar-refractivity contribution in [3.8, 4) is 0 Å². The number of hydrogen-bond acceptors (Lipinski definition) is 5. The quantitative estimate of drug-likeness (QED) is 0.321. The maximum absolute atomic E-state index is 12.5. The van der Waals surface area contributed by atoms with Crippen molar-refractivity contribution in [3.63, 3.8) is 0 Å². The fraction of sp³-hybridized carbons (Fsp3) is 0.238. The highest BCUT2D eigenvalue weighted by atomic mass is 32.1. The molecule has 29 heavy (non-hydrogen) atoms. The highest BCUT2D eigenvalue weighted by molar-refractivity contribution is 7.80. The third-order valence-electron chi connectivity index (χ3n) is 4.62. The number of non-ortho nitro benzene ring substituents is 1. The second-order valence-electron chi connectivity index (χ2n) is 6.78. The number of para-hydroxylation sites is 1. The lowest BCUT2D eigenvalue weighted by molar-refractivity contribution is -0.384. The van der Waals surface area contributed by atoms with E-state index in [1.54, 1.807) is 0 Å². The van der Waals surface area contributed by atoms with E-state index in [0.29, 0.717) is 16.9 Å². The summed E-state index contributed by atoms with van der Waals surface area (Å²) in [7, 11) is 0. The van der Waals surface area contributed by atoms with Crippen LogP contribution in [0.2, 0.25) is 0 Å². The van der Waals surface area contributed by atoms with E-state index < -0.39 is 10.8 Å².